The maximum absolute atomic E-state index is 3.80. The van der Waals surface area contributed by atoms with Gasteiger partial charge in [0.2, 0.25) is 0 Å². The summed E-state index contributed by atoms with van der Waals surface area (Å²) in [5.41, 5.74) is 1.44. The van der Waals surface area contributed by atoms with E-state index in [1.165, 1.54) is 37.9 Å². The van der Waals surface area contributed by atoms with Gasteiger partial charge in [-0.1, -0.05) is 31.9 Å². The molecule has 1 saturated carbocycles. The molecule has 3 unspecified atom stereocenters. The molecule has 1 aliphatic heterocycles. The molecule has 0 aromatic carbocycles. The molecule has 0 radical (unpaired) electrons. The van der Waals surface area contributed by atoms with Gasteiger partial charge in [0.05, 0.1) is 0 Å². The van der Waals surface area contributed by atoms with Gasteiger partial charge in [-0.3, -0.25) is 4.90 Å². The number of allylic oxidation sites excluding steroid dienone is 1. The summed E-state index contributed by atoms with van der Waals surface area (Å²) in [7, 11) is 0. The first-order chi connectivity index (χ1) is 8.61. The van der Waals surface area contributed by atoms with E-state index in [0.29, 0.717) is 0 Å². The van der Waals surface area contributed by atoms with E-state index < -0.39 is 0 Å². The summed E-state index contributed by atoms with van der Waals surface area (Å²) >= 11 is 0. The summed E-state index contributed by atoms with van der Waals surface area (Å²) in [4.78, 5) is 2.72. The van der Waals surface area contributed by atoms with Crippen LogP contribution >= 0.6 is 0 Å². The molecule has 1 saturated heterocycles. The van der Waals surface area contributed by atoms with Crippen LogP contribution in [0.3, 0.4) is 0 Å². The van der Waals surface area contributed by atoms with Crippen molar-refractivity contribution < 1.29 is 0 Å². The molecular formula is C16H30N2. The zero-order valence-electron chi connectivity index (χ0n) is 12.6. The van der Waals surface area contributed by atoms with Crippen LogP contribution in [0.15, 0.2) is 11.6 Å². The Morgan fingerprint density at radius 2 is 2.11 bits per heavy atom. The molecule has 0 bridgehead atoms. The Hall–Kier alpha value is -0.340. The molecule has 3 atom stereocenters. The molecule has 1 heterocycles. The fourth-order valence-corrected chi connectivity index (χ4v) is 3.01. The average Bonchev–Trinajstić information content (AvgIpc) is 3.19. The summed E-state index contributed by atoms with van der Waals surface area (Å²) in [5.74, 6) is 1.76. The summed E-state index contributed by atoms with van der Waals surface area (Å²) in [5, 5.41) is 3.80. The van der Waals surface area contributed by atoms with Crippen LogP contribution in [-0.4, -0.2) is 36.6 Å². The minimum absolute atomic E-state index is 0.723. The van der Waals surface area contributed by atoms with Crippen molar-refractivity contribution in [3.8, 4) is 0 Å². The van der Waals surface area contributed by atoms with Crippen LogP contribution in [0, 0.1) is 11.8 Å². The fourth-order valence-electron chi connectivity index (χ4n) is 3.01. The summed E-state index contributed by atoms with van der Waals surface area (Å²) in [6.07, 6.45) is 6.57. The van der Waals surface area contributed by atoms with Gasteiger partial charge in [0, 0.05) is 31.7 Å². The summed E-state index contributed by atoms with van der Waals surface area (Å²) < 4.78 is 0. The molecule has 1 aliphatic carbocycles. The van der Waals surface area contributed by atoms with Gasteiger partial charge in [0.15, 0.2) is 0 Å². The Kier molecular flexibility index (Phi) is 4.85. The maximum Gasteiger partial charge on any atom is 0.0250 e. The lowest BCUT2D eigenvalue weighted by Crippen LogP contribution is -2.59. The van der Waals surface area contributed by atoms with E-state index in [2.05, 4.69) is 44.0 Å². The van der Waals surface area contributed by atoms with Crippen molar-refractivity contribution in [2.45, 2.75) is 59.0 Å². The van der Waals surface area contributed by atoms with Crippen LogP contribution in [0.2, 0.25) is 0 Å². The largest absolute Gasteiger partial charge is 0.311 e. The molecule has 2 aliphatic rings. The van der Waals surface area contributed by atoms with E-state index in [4.69, 9.17) is 0 Å². The molecule has 2 nitrogen and oxygen atoms in total. The third-order valence-electron chi connectivity index (χ3n) is 4.72. The molecule has 0 amide bonds. The van der Waals surface area contributed by atoms with E-state index in [1.807, 2.05) is 0 Å². The Bertz CT molecular complexity index is 289. The quantitative estimate of drug-likeness (QED) is 0.755. The van der Waals surface area contributed by atoms with E-state index in [-0.39, 0.29) is 0 Å². The Balaban J connectivity index is 1.97. The van der Waals surface area contributed by atoms with Gasteiger partial charge < -0.3 is 5.32 Å². The molecule has 0 aromatic rings. The second kappa shape index (κ2) is 6.21. The number of nitrogens with zero attached hydrogens (tertiary/aromatic N) is 1. The molecule has 2 heteroatoms. The van der Waals surface area contributed by atoms with Gasteiger partial charge in [0.25, 0.3) is 0 Å². The van der Waals surface area contributed by atoms with Crippen LogP contribution in [0.5, 0.6) is 0 Å². The second-order valence-electron chi connectivity index (χ2n) is 6.54. The number of rotatable bonds is 5. The standard InChI is InChI=1S/C16H30N2/c1-5-13(4)16-10-17-15(14-6-7-14)11-18(16)9-8-12(2)3/h8,13-17H,5-7,9-11H2,1-4H3. The van der Waals surface area contributed by atoms with Crippen molar-refractivity contribution in [2.75, 3.05) is 19.6 Å². The SMILES string of the molecule is CCC(C)C1CNC(C2CC2)CN1CC=C(C)C. The van der Waals surface area contributed by atoms with Crippen LogP contribution in [0.1, 0.15) is 47.0 Å². The lowest BCUT2D eigenvalue weighted by molar-refractivity contribution is 0.0974. The zero-order chi connectivity index (χ0) is 13.1. The van der Waals surface area contributed by atoms with Crippen molar-refractivity contribution in [1.29, 1.82) is 0 Å². The van der Waals surface area contributed by atoms with Crippen LogP contribution in [0.4, 0.5) is 0 Å². The van der Waals surface area contributed by atoms with Gasteiger partial charge in [0.1, 0.15) is 0 Å². The third kappa shape index (κ3) is 3.58. The highest BCUT2D eigenvalue weighted by atomic mass is 15.2. The second-order valence-corrected chi connectivity index (χ2v) is 6.54. The van der Waals surface area contributed by atoms with Crippen molar-refractivity contribution in [3.63, 3.8) is 0 Å². The molecule has 104 valence electrons. The molecular weight excluding hydrogens is 220 g/mol. The fraction of sp³-hybridized carbons (Fsp3) is 0.875. The zero-order valence-corrected chi connectivity index (χ0v) is 12.6. The lowest BCUT2D eigenvalue weighted by Gasteiger charge is -2.43. The van der Waals surface area contributed by atoms with Gasteiger partial charge >= 0.3 is 0 Å². The predicted molar refractivity (Wildman–Crippen MR) is 78.8 cm³/mol. The average molecular weight is 250 g/mol. The monoisotopic (exact) mass is 250 g/mol. The first kappa shape index (κ1) is 14.1. The topological polar surface area (TPSA) is 15.3 Å². The van der Waals surface area contributed by atoms with Gasteiger partial charge in [-0.25, -0.2) is 0 Å². The first-order valence-electron chi connectivity index (χ1n) is 7.72. The summed E-state index contributed by atoms with van der Waals surface area (Å²) in [6, 6.07) is 1.48. The van der Waals surface area contributed by atoms with Gasteiger partial charge in [-0.15, -0.1) is 0 Å². The normalized spacial score (nSPS) is 31.1. The highest BCUT2D eigenvalue weighted by Crippen LogP contribution is 2.35. The maximum atomic E-state index is 3.80. The lowest BCUT2D eigenvalue weighted by atomic mass is 9.93. The van der Waals surface area contributed by atoms with E-state index in [9.17, 15) is 0 Å². The third-order valence-corrected chi connectivity index (χ3v) is 4.72. The van der Waals surface area contributed by atoms with Crippen LogP contribution < -0.4 is 5.32 Å². The Labute approximate surface area is 113 Å². The minimum atomic E-state index is 0.723. The molecule has 0 spiro atoms. The molecule has 2 rings (SSSR count). The van der Waals surface area contributed by atoms with Gasteiger partial charge in [-0.2, -0.15) is 0 Å². The molecule has 18 heavy (non-hydrogen) atoms. The van der Waals surface area contributed by atoms with Crippen LogP contribution in [0.25, 0.3) is 0 Å². The van der Waals surface area contributed by atoms with Crippen molar-refractivity contribution in [3.05, 3.63) is 11.6 Å². The number of hydrogen-bond donors (Lipinski definition) is 1. The highest BCUT2D eigenvalue weighted by molar-refractivity contribution is 5.00. The molecule has 0 aromatic heterocycles. The highest BCUT2D eigenvalue weighted by Gasteiger charge is 2.37. The van der Waals surface area contributed by atoms with E-state index in [1.54, 1.807) is 0 Å². The van der Waals surface area contributed by atoms with Crippen molar-refractivity contribution in [1.82, 2.24) is 10.2 Å². The number of nitrogens with one attached hydrogen (secondary N) is 1. The molecule has 2 fully saturated rings. The Morgan fingerprint density at radius 3 is 2.67 bits per heavy atom. The van der Waals surface area contributed by atoms with Crippen molar-refractivity contribution >= 4 is 0 Å². The smallest absolute Gasteiger partial charge is 0.0250 e. The van der Waals surface area contributed by atoms with E-state index >= 15 is 0 Å². The predicted octanol–water partition coefficient (Wildman–Crippen LogP) is 3.05. The summed E-state index contributed by atoms with van der Waals surface area (Å²) in [6.45, 7) is 12.7. The van der Waals surface area contributed by atoms with Gasteiger partial charge in [-0.05, 0) is 38.5 Å². The minimum Gasteiger partial charge on any atom is -0.311 e. The van der Waals surface area contributed by atoms with Crippen molar-refractivity contribution in [2.24, 2.45) is 11.8 Å². The first-order valence-corrected chi connectivity index (χ1v) is 7.72. The molecule has 1 N–H and O–H groups in total. The van der Waals surface area contributed by atoms with E-state index in [0.717, 1.165) is 30.5 Å². The number of hydrogen-bond acceptors (Lipinski definition) is 2. The Morgan fingerprint density at radius 1 is 1.39 bits per heavy atom. The number of piperazine rings is 1. The van der Waals surface area contributed by atoms with Crippen LogP contribution in [-0.2, 0) is 0 Å².